The first kappa shape index (κ1) is 18.9. The van der Waals surface area contributed by atoms with Crippen LogP contribution in [-0.4, -0.2) is 30.8 Å². The summed E-state index contributed by atoms with van der Waals surface area (Å²) in [4.78, 5) is 15.7. The second-order valence-corrected chi connectivity index (χ2v) is 7.15. The number of rotatable bonds is 9. The molecule has 4 rings (SSSR count). The Morgan fingerprint density at radius 3 is 2.76 bits per heavy atom. The Morgan fingerprint density at radius 2 is 2.00 bits per heavy atom. The molecule has 3 heterocycles. The molecule has 1 aromatic carbocycles. The predicted octanol–water partition coefficient (Wildman–Crippen LogP) is 2.68. The Kier molecular flexibility index (Phi) is 5.71. The molecule has 148 valence electrons. The van der Waals surface area contributed by atoms with Gasteiger partial charge < -0.3 is 14.7 Å². The molecular weight excluding hydrogens is 392 g/mol. The highest BCUT2D eigenvalue weighted by atomic mass is 32.2. The van der Waals surface area contributed by atoms with Gasteiger partial charge in [-0.1, -0.05) is 47.3 Å². The third-order valence-corrected chi connectivity index (χ3v) is 5.03. The second-order valence-electron chi connectivity index (χ2n) is 6.21. The van der Waals surface area contributed by atoms with Gasteiger partial charge in [0.1, 0.15) is 0 Å². The summed E-state index contributed by atoms with van der Waals surface area (Å²) in [6.07, 6.45) is 2.33. The maximum atomic E-state index is 11.2. The highest BCUT2D eigenvalue weighted by Gasteiger charge is 2.18. The first-order chi connectivity index (χ1) is 14.2. The molecule has 0 fully saturated rings. The molecule has 2 N–H and O–H groups in total. The third-order valence-electron chi connectivity index (χ3n) is 4.08. The molecule has 0 spiro atoms. The number of hydrogen-bond donors (Lipinski definition) is 1. The van der Waals surface area contributed by atoms with Gasteiger partial charge in [0.15, 0.2) is 22.6 Å². The molecular formula is C19H18N6O3S. The van der Waals surface area contributed by atoms with Crippen LogP contribution in [0.4, 0.5) is 0 Å². The summed E-state index contributed by atoms with van der Waals surface area (Å²) < 4.78 is 12.6. The fraction of sp³-hybridized carbons (Fsp3) is 0.211. The summed E-state index contributed by atoms with van der Waals surface area (Å²) in [5.74, 6) is 2.24. The van der Waals surface area contributed by atoms with E-state index in [1.54, 1.807) is 23.0 Å². The molecule has 0 radical (unpaired) electrons. The standard InChI is InChI=1S/C19H18N6O3S/c20-15(26)8-9-25-18(14-7-4-10-27-14)22-23-19(25)29-12-17-21-16(24-28-17)11-13-5-2-1-3-6-13/h1-7,10H,8-9,11-12H2,(H2,20,26). The van der Waals surface area contributed by atoms with Crippen LogP contribution >= 0.6 is 11.8 Å². The Balaban J connectivity index is 1.46. The van der Waals surface area contributed by atoms with Gasteiger partial charge in [-0.2, -0.15) is 4.98 Å². The molecule has 4 aromatic rings. The van der Waals surface area contributed by atoms with Crippen LogP contribution in [0.2, 0.25) is 0 Å². The maximum absolute atomic E-state index is 11.2. The van der Waals surface area contributed by atoms with E-state index in [-0.39, 0.29) is 6.42 Å². The van der Waals surface area contributed by atoms with E-state index in [0.29, 0.717) is 47.2 Å². The number of furan rings is 1. The summed E-state index contributed by atoms with van der Waals surface area (Å²) in [7, 11) is 0. The minimum atomic E-state index is -0.400. The fourth-order valence-electron chi connectivity index (χ4n) is 2.73. The number of amides is 1. The average molecular weight is 410 g/mol. The highest BCUT2D eigenvalue weighted by Crippen LogP contribution is 2.26. The third kappa shape index (κ3) is 4.72. The fourth-order valence-corrected chi connectivity index (χ4v) is 3.53. The number of aromatic nitrogens is 5. The summed E-state index contributed by atoms with van der Waals surface area (Å²) in [6, 6.07) is 13.5. The number of primary amides is 1. The molecule has 0 bridgehead atoms. The van der Waals surface area contributed by atoms with Crippen molar-refractivity contribution in [2.24, 2.45) is 5.73 Å². The van der Waals surface area contributed by atoms with Gasteiger partial charge in [0.25, 0.3) is 0 Å². The zero-order valence-electron chi connectivity index (χ0n) is 15.4. The summed E-state index contributed by atoms with van der Waals surface area (Å²) in [5, 5.41) is 13.0. The molecule has 0 aliphatic carbocycles. The lowest BCUT2D eigenvalue weighted by atomic mass is 10.1. The quantitative estimate of drug-likeness (QED) is 0.417. The van der Waals surface area contributed by atoms with Crippen molar-refractivity contribution in [1.82, 2.24) is 24.9 Å². The van der Waals surface area contributed by atoms with E-state index >= 15 is 0 Å². The van der Waals surface area contributed by atoms with Crippen LogP contribution in [0.15, 0.2) is 62.8 Å². The van der Waals surface area contributed by atoms with Crippen LogP contribution in [0, 0.1) is 0 Å². The Hall–Kier alpha value is -3.40. The van der Waals surface area contributed by atoms with Crippen molar-refractivity contribution in [1.29, 1.82) is 0 Å². The van der Waals surface area contributed by atoms with E-state index in [4.69, 9.17) is 14.7 Å². The van der Waals surface area contributed by atoms with Gasteiger partial charge in [-0.05, 0) is 17.7 Å². The lowest BCUT2D eigenvalue weighted by molar-refractivity contribution is -0.118. The minimum absolute atomic E-state index is 0.168. The highest BCUT2D eigenvalue weighted by molar-refractivity contribution is 7.98. The smallest absolute Gasteiger partial charge is 0.237 e. The van der Waals surface area contributed by atoms with Crippen molar-refractivity contribution in [3.05, 3.63) is 66.0 Å². The van der Waals surface area contributed by atoms with Gasteiger partial charge >= 0.3 is 0 Å². The molecule has 10 heteroatoms. The lowest BCUT2D eigenvalue weighted by Crippen LogP contribution is -2.15. The Bertz CT molecular complexity index is 1070. The van der Waals surface area contributed by atoms with Crippen LogP contribution in [0.1, 0.15) is 23.7 Å². The van der Waals surface area contributed by atoms with Gasteiger partial charge in [-0.25, -0.2) is 0 Å². The normalized spacial score (nSPS) is 11.0. The number of carbonyl (C=O) groups excluding carboxylic acids is 1. The van der Waals surface area contributed by atoms with Crippen molar-refractivity contribution in [2.45, 2.75) is 30.3 Å². The zero-order chi connectivity index (χ0) is 20.1. The largest absolute Gasteiger partial charge is 0.461 e. The van der Waals surface area contributed by atoms with E-state index in [0.717, 1.165) is 5.56 Å². The molecule has 0 atom stereocenters. The van der Waals surface area contributed by atoms with E-state index < -0.39 is 5.91 Å². The molecule has 0 aliphatic heterocycles. The van der Waals surface area contributed by atoms with E-state index in [9.17, 15) is 4.79 Å². The molecule has 0 saturated carbocycles. The average Bonchev–Trinajstić information content (AvgIpc) is 3.46. The number of hydrogen-bond acceptors (Lipinski definition) is 8. The van der Waals surface area contributed by atoms with E-state index in [2.05, 4.69) is 20.3 Å². The second kappa shape index (κ2) is 8.74. The van der Waals surface area contributed by atoms with Gasteiger partial charge in [0.2, 0.25) is 11.8 Å². The van der Waals surface area contributed by atoms with Crippen LogP contribution in [0.3, 0.4) is 0 Å². The number of benzene rings is 1. The molecule has 0 saturated heterocycles. The predicted molar refractivity (Wildman–Crippen MR) is 105 cm³/mol. The molecule has 0 aliphatic rings. The molecule has 9 nitrogen and oxygen atoms in total. The van der Waals surface area contributed by atoms with Crippen molar-refractivity contribution in [3.8, 4) is 11.6 Å². The van der Waals surface area contributed by atoms with Crippen LogP contribution in [0.5, 0.6) is 0 Å². The van der Waals surface area contributed by atoms with Crippen molar-refractivity contribution in [3.63, 3.8) is 0 Å². The van der Waals surface area contributed by atoms with Gasteiger partial charge in [-0.15, -0.1) is 10.2 Å². The first-order valence-electron chi connectivity index (χ1n) is 8.92. The Labute approximate surface area is 170 Å². The van der Waals surface area contributed by atoms with Crippen molar-refractivity contribution >= 4 is 17.7 Å². The van der Waals surface area contributed by atoms with Gasteiger partial charge in [0.05, 0.1) is 12.0 Å². The monoisotopic (exact) mass is 410 g/mol. The van der Waals surface area contributed by atoms with Crippen molar-refractivity contribution in [2.75, 3.05) is 0 Å². The zero-order valence-corrected chi connectivity index (χ0v) is 16.2. The molecule has 29 heavy (non-hydrogen) atoms. The Morgan fingerprint density at radius 1 is 1.14 bits per heavy atom. The topological polar surface area (TPSA) is 126 Å². The van der Waals surface area contributed by atoms with Crippen LogP contribution in [-0.2, 0) is 23.5 Å². The number of thioether (sulfide) groups is 1. The number of nitrogens with zero attached hydrogens (tertiary/aromatic N) is 5. The molecule has 1 amide bonds. The first-order valence-corrected chi connectivity index (χ1v) is 9.91. The van der Waals surface area contributed by atoms with Crippen LogP contribution < -0.4 is 5.73 Å². The minimum Gasteiger partial charge on any atom is -0.461 e. The maximum Gasteiger partial charge on any atom is 0.237 e. The van der Waals surface area contributed by atoms with Gasteiger partial charge in [-0.3, -0.25) is 9.36 Å². The number of carbonyl (C=O) groups is 1. The summed E-state index contributed by atoms with van der Waals surface area (Å²) in [5.41, 5.74) is 6.42. The van der Waals surface area contributed by atoms with Crippen molar-refractivity contribution < 1.29 is 13.7 Å². The SMILES string of the molecule is NC(=O)CCn1c(SCc2nc(Cc3ccccc3)no2)nnc1-c1ccco1. The van der Waals surface area contributed by atoms with Gasteiger partial charge in [0, 0.05) is 19.4 Å². The molecule has 0 unspecified atom stereocenters. The lowest BCUT2D eigenvalue weighted by Gasteiger charge is -2.06. The summed E-state index contributed by atoms with van der Waals surface area (Å²) >= 11 is 1.39. The number of nitrogens with two attached hydrogens (primary N) is 1. The summed E-state index contributed by atoms with van der Waals surface area (Å²) in [6.45, 7) is 0.351. The van der Waals surface area contributed by atoms with E-state index in [1.165, 1.54) is 11.8 Å². The molecule has 3 aromatic heterocycles. The van der Waals surface area contributed by atoms with Crippen LogP contribution in [0.25, 0.3) is 11.6 Å². The van der Waals surface area contributed by atoms with E-state index in [1.807, 2.05) is 30.3 Å².